The first-order valence-electron chi connectivity index (χ1n) is 10.2. The summed E-state index contributed by atoms with van der Waals surface area (Å²) in [5, 5.41) is 7.98. The van der Waals surface area contributed by atoms with E-state index in [0.29, 0.717) is 18.4 Å². The van der Waals surface area contributed by atoms with Gasteiger partial charge in [0.15, 0.2) is 0 Å². The van der Waals surface area contributed by atoms with E-state index >= 15 is 0 Å². The normalized spacial score (nSPS) is 18.1. The number of esters is 1. The molecule has 31 heavy (non-hydrogen) atoms. The van der Waals surface area contributed by atoms with Crippen molar-refractivity contribution < 1.29 is 28.7 Å². The molecule has 2 heterocycles. The zero-order valence-corrected chi connectivity index (χ0v) is 18.7. The van der Waals surface area contributed by atoms with E-state index in [0.717, 1.165) is 29.1 Å². The first-order chi connectivity index (χ1) is 14.7. The predicted octanol–water partition coefficient (Wildman–Crippen LogP) is 1.78. The fourth-order valence-electron chi connectivity index (χ4n) is 4.02. The molecule has 1 unspecified atom stereocenters. The minimum atomic E-state index is -1.10. The maximum atomic E-state index is 13.0. The lowest BCUT2D eigenvalue weighted by Crippen LogP contribution is -2.48. The van der Waals surface area contributed by atoms with Crippen LogP contribution in [-0.2, 0) is 14.3 Å². The van der Waals surface area contributed by atoms with Crippen molar-refractivity contribution in [3.05, 3.63) is 16.0 Å². The van der Waals surface area contributed by atoms with Crippen LogP contribution in [0, 0.1) is 6.92 Å². The van der Waals surface area contributed by atoms with E-state index in [1.807, 2.05) is 0 Å². The summed E-state index contributed by atoms with van der Waals surface area (Å²) < 4.78 is 5.07. The molecule has 1 saturated carbocycles. The van der Waals surface area contributed by atoms with Crippen LogP contribution in [0.5, 0.6) is 0 Å². The van der Waals surface area contributed by atoms with Crippen molar-refractivity contribution >= 4 is 46.1 Å². The summed E-state index contributed by atoms with van der Waals surface area (Å²) in [4.78, 5) is 64.2. The van der Waals surface area contributed by atoms with Crippen molar-refractivity contribution in [3.63, 3.8) is 0 Å². The van der Waals surface area contributed by atoms with Crippen molar-refractivity contribution in [2.75, 3.05) is 19.0 Å². The van der Waals surface area contributed by atoms with E-state index in [1.54, 1.807) is 13.8 Å². The maximum absolute atomic E-state index is 13.0. The number of imide groups is 1. The van der Waals surface area contributed by atoms with Crippen LogP contribution in [0.2, 0.25) is 0 Å². The fourth-order valence-corrected chi connectivity index (χ4v) is 5.17. The molecule has 2 fully saturated rings. The van der Waals surface area contributed by atoms with E-state index in [-0.39, 0.29) is 22.0 Å². The van der Waals surface area contributed by atoms with Crippen LogP contribution in [0.3, 0.4) is 0 Å². The van der Waals surface area contributed by atoms with Crippen LogP contribution in [0.15, 0.2) is 0 Å². The van der Waals surface area contributed by atoms with Crippen molar-refractivity contribution in [3.8, 4) is 0 Å². The van der Waals surface area contributed by atoms with Gasteiger partial charge < -0.3 is 20.7 Å². The molecule has 0 aromatic carbocycles. The molecule has 1 atom stereocenters. The van der Waals surface area contributed by atoms with Gasteiger partial charge >= 0.3 is 12.0 Å². The Hall–Kier alpha value is -2.95. The minimum absolute atomic E-state index is 0.0791. The molecule has 168 valence electrons. The summed E-state index contributed by atoms with van der Waals surface area (Å²) in [5.41, 5.74) is -0.464. The number of carbonyl (C=O) groups excluding carboxylic acids is 5. The monoisotopic (exact) mass is 450 g/mol. The van der Waals surface area contributed by atoms with Gasteiger partial charge in [-0.05, 0) is 39.2 Å². The van der Waals surface area contributed by atoms with Gasteiger partial charge in [-0.2, -0.15) is 0 Å². The highest BCUT2D eigenvalue weighted by Crippen LogP contribution is 2.37. The third-order valence-corrected chi connectivity index (χ3v) is 6.92. The number of thiophene rings is 1. The first kappa shape index (κ1) is 22.7. The van der Waals surface area contributed by atoms with Gasteiger partial charge in [0.25, 0.3) is 11.8 Å². The average Bonchev–Trinajstić information content (AvgIpc) is 3.38. The number of nitrogens with zero attached hydrogens (tertiary/aromatic N) is 1. The van der Waals surface area contributed by atoms with E-state index in [2.05, 4.69) is 16.0 Å². The minimum Gasteiger partial charge on any atom is -0.462 e. The van der Waals surface area contributed by atoms with Crippen LogP contribution in [0.1, 0.15) is 65.1 Å². The fraction of sp³-hybridized carbons (Fsp3) is 0.550. The molecule has 1 aromatic heterocycles. The summed E-state index contributed by atoms with van der Waals surface area (Å²) in [6.45, 7) is 4.81. The van der Waals surface area contributed by atoms with E-state index in [1.165, 1.54) is 14.0 Å². The number of rotatable bonds is 6. The van der Waals surface area contributed by atoms with Gasteiger partial charge in [-0.15, -0.1) is 11.3 Å². The molecule has 0 radical (unpaired) electrons. The number of nitrogens with one attached hydrogen (secondary N) is 3. The molecule has 11 heteroatoms. The third kappa shape index (κ3) is 3.89. The average molecular weight is 451 g/mol. The molecule has 1 spiro atoms. The van der Waals surface area contributed by atoms with Crippen LogP contribution >= 0.6 is 11.3 Å². The van der Waals surface area contributed by atoms with Crippen molar-refractivity contribution in [2.24, 2.45) is 0 Å². The van der Waals surface area contributed by atoms with Gasteiger partial charge in [-0.25, -0.2) is 14.5 Å². The molecule has 3 rings (SSSR count). The number of hydrogen-bond acceptors (Lipinski definition) is 7. The highest BCUT2D eigenvalue weighted by molar-refractivity contribution is 7.18. The van der Waals surface area contributed by atoms with Crippen LogP contribution < -0.4 is 16.0 Å². The van der Waals surface area contributed by atoms with Gasteiger partial charge in [0.1, 0.15) is 16.6 Å². The Morgan fingerprint density at radius 1 is 1.26 bits per heavy atom. The Kier molecular flexibility index (Phi) is 6.35. The molecule has 1 aromatic rings. The molecule has 1 saturated heterocycles. The highest BCUT2D eigenvalue weighted by Gasteiger charge is 2.54. The highest BCUT2D eigenvalue weighted by atomic mass is 32.1. The second kappa shape index (κ2) is 8.66. The van der Waals surface area contributed by atoms with E-state index < -0.39 is 41.3 Å². The molecular formula is C20H26N4O6S. The van der Waals surface area contributed by atoms with E-state index in [9.17, 15) is 24.0 Å². The van der Waals surface area contributed by atoms with Gasteiger partial charge in [-0.3, -0.25) is 14.4 Å². The quantitative estimate of drug-likeness (QED) is 0.447. The Bertz CT molecular complexity index is 950. The smallest absolute Gasteiger partial charge is 0.341 e. The zero-order chi connectivity index (χ0) is 22.9. The SMILES string of the molecule is CCOC(=O)c1c(NC(=O)C(C)N2C(=O)NC3(CCCC3)C2=O)sc(C(=O)NC)c1C. The summed E-state index contributed by atoms with van der Waals surface area (Å²) in [6.07, 6.45) is 2.77. The summed E-state index contributed by atoms with van der Waals surface area (Å²) in [6, 6.07) is -1.71. The van der Waals surface area contributed by atoms with Crippen LogP contribution in [0.4, 0.5) is 9.80 Å². The van der Waals surface area contributed by atoms with Gasteiger partial charge in [-0.1, -0.05) is 12.8 Å². The second-order valence-electron chi connectivity index (χ2n) is 7.62. The summed E-state index contributed by atoms with van der Waals surface area (Å²) in [5.74, 6) is -2.13. The predicted molar refractivity (Wildman–Crippen MR) is 113 cm³/mol. The molecule has 1 aliphatic heterocycles. The third-order valence-electron chi connectivity index (χ3n) is 5.71. The zero-order valence-electron chi connectivity index (χ0n) is 17.9. The Balaban J connectivity index is 1.87. The maximum Gasteiger partial charge on any atom is 0.341 e. The number of anilines is 1. The number of ether oxygens (including phenoxy) is 1. The lowest BCUT2D eigenvalue weighted by atomic mass is 9.97. The van der Waals surface area contributed by atoms with Crippen molar-refractivity contribution in [2.45, 2.75) is 58.0 Å². The molecule has 3 N–H and O–H groups in total. The Labute approximate surface area is 183 Å². The molecule has 2 aliphatic rings. The van der Waals surface area contributed by atoms with Gasteiger partial charge in [0.05, 0.1) is 17.0 Å². The molecule has 1 aliphatic carbocycles. The second-order valence-corrected chi connectivity index (χ2v) is 8.64. The van der Waals surface area contributed by atoms with Gasteiger partial charge in [0, 0.05) is 7.05 Å². The largest absolute Gasteiger partial charge is 0.462 e. The molecular weight excluding hydrogens is 424 g/mol. The Morgan fingerprint density at radius 2 is 1.90 bits per heavy atom. The molecule has 10 nitrogen and oxygen atoms in total. The summed E-state index contributed by atoms with van der Waals surface area (Å²) in [7, 11) is 1.46. The van der Waals surface area contributed by atoms with Crippen molar-refractivity contribution in [1.29, 1.82) is 0 Å². The first-order valence-corrected chi connectivity index (χ1v) is 11.0. The number of carbonyl (C=O) groups is 5. The van der Waals surface area contributed by atoms with Crippen molar-refractivity contribution in [1.82, 2.24) is 15.5 Å². The lowest BCUT2D eigenvalue weighted by Gasteiger charge is -2.23. The number of urea groups is 1. The van der Waals surface area contributed by atoms with Crippen LogP contribution in [-0.4, -0.2) is 59.9 Å². The Morgan fingerprint density at radius 3 is 2.48 bits per heavy atom. The lowest BCUT2D eigenvalue weighted by molar-refractivity contribution is -0.136. The molecule has 5 amide bonds. The molecule has 0 bridgehead atoms. The van der Waals surface area contributed by atoms with Gasteiger partial charge in [0.2, 0.25) is 5.91 Å². The number of hydrogen-bond donors (Lipinski definition) is 3. The standard InChI is InChI=1S/C20H26N4O6S/c1-5-30-17(27)12-10(2)13(15(26)21-4)31-16(12)22-14(25)11(3)24-18(28)20(23-19(24)29)8-6-7-9-20/h11H,5-9H2,1-4H3,(H,21,26)(H,22,25)(H,23,29). The summed E-state index contributed by atoms with van der Waals surface area (Å²) >= 11 is 0.933. The van der Waals surface area contributed by atoms with E-state index in [4.69, 9.17) is 4.74 Å². The van der Waals surface area contributed by atoms with Crippen LogP contribution in [0.25, 0.3) is 0 Å². The topological polar surface area (TPSA) is 134 Å². The number of amides is 5.